The van der Waals surface area contributed by atoms with Gasteiger partial charge in [-0.25, -0.2) is 0 Å². The van der Waals surface area contributed by atoms with Crippen molar-refractivity contribution >= 4 is 0 Å². The van der Waals surface area contributed by atoms with Crippen molar-refractivity contribution in [2.75, 3.05) is 6.54 Å². The van der Waals surface area contributed by atoms with E-state index in [1.54, 1.807) is 0 Å². The first-order valence-electron chi connectivity index (χ1n) is 3.65. The van der Waals surface area contributed by atoms with E-state index in [0.29, 0.717) is 0 Å². The van der Waals surface area contributed by atoms with Crippen LogP contribution < -0.4 is 5.73 Å². The van der Waals surface area contributed by atoms with Crippen molar-refractivity contribution in [3.63, 3.8) is 0 Å². The van der Waals surface area contributed by atoms with Crippen LogP contribution in [0.15, 0.2) is 0 Å². The maximum Gasteiger partial charge on any atom is 0.184 e. The van der Waals surface area contributed by atoms with Crippen LogP contribution in [0.3, 0.4) is 0 Å². The molecule has 0 spiro atoms. The summed E-state index contributed by atoms with van der Waals surface area (Å²) in [5, 5.41) is 36.3. The van der Waals surface area contributed by atoms with Crippen LogP contribution in [-0.2, 0) is 4.74 Å². The van der Waals surface area contributed by atoms with Crippen molar-refractivity contribution in [3.05, 3.63) is 0 Å². The lowest BCUT2D eigenvalue weighted by molar-refractivity contribution is -0.279. The second-order valence-corrected chi connectivity index (χ2v) is 2.77. The largest absolute Gasteiger partial charge is 0.388 e. The molecule has 5 atom stereocenters. The molecule has 0 radical (unpaired) electrons. The predicted octanol–water partition coefficient (Wildman–Crippen LogP) is -3.25. The molecule has 0 saturated carbocycles. The highest BCUT2D eigenvalue weighted by Crippen LogP contribution is 2.18. The van der Waals surface area contributed by atoms with Gasteiger partial charge in [-0.1, -0.05) is 0 Å². The summed E-state index contributed by atoms with van der Waals surface area (Å²) in [6, 6.07) is 0. The molecule has 0 aromatic rings. The average Bonchev–Trinajstić information content (AvgIpc) is 2.08. The SMILES string of the molecule is NCC1OC(O)[C@@H](O)C(O)C1O. The van der Waals surface area contributed by atoms with Gasteiger partial charge in [0.25, 0.3) is 0 Å². The van der Waals surface area contributed by atoms with Crippen LogP contribution in [0.2, 0.25) is 0 Å². The molecule has 1 aliphatic heterocycles. The monoisotopic (exact) mass is 179 g/mol. The quantitative estimate of drug-likeness (QED) is 0.288. The van der Waals surface area contributed by atoms with E-state index in [-0.39, 0.29) is 6.54 Å². The maximum atomic E-state index is 9.20. The highest BCUT2D eigenvalue weighted by Gasteiger charge is 2.42. The Bertz CT molecular complexity index is 150. The molecule has 4 unspecified atom stereocenters. The van der Waals surface area contributed by atoms with Gasteiger partial charge in [0, 0.05) is 6.54 Å². The number of hydrogen-bond donors (Lipinski definition) is 5. The van der Waals surface area contributed by atoms with Crippen molar-refractivity contribution in [3.8, 4) is 0 Å². The van der Waals surface area contributed by atoms with E-state index in [1.165, 1.54) is 0 Å². The van der Waals surface area contributed by atoms with E-state index in [1.807, 2.05) is 0 Å². The molecule has 0 aromatic heterocycles. The molecule has 6 heteroatoms. The Morgan fingerprint density at radius 2 is 1.58 bits per heavy atom. The summed E-state index contributed by atoms with van der Waals surface area (Å²) in [6.07, 6.45) is -6.48. The van der Waals surface area contributed by atoms with Crippen LogP contribution in [0.25, 0.3) is 0 Å². The van der Waals surface area contributed by atoms with E-state index in [9.17, 15) is 5.11 Å². The minimum atomic E-state index is -1.49. The highest BCUT2D eigenvalue weighted by molar-refractivity contribution is 4.88. The third-order valence-electron chi connectivity index (χ3n) is 1.92. The summed E-state index contributed by atoms with van der Waals surface area (Å²) in [4.78, 5) is 0. The molecule has 72 valence electrons. The molecule has 0 amide bonds. The number of ether oxygens (including phenoxy) is 1. The summed E-state index contributed by atoms with van der Waals surface area (Å²) < 4.78 is 4.70. The standard InChI is InChI=1S/C6H13NO5/c7-1-2-3(8)4(9)5(10)6(11)12-2/h2-6,8-11H,1,7H2/t2?,3?,4?,5-,6?/m0/s1. The summed E-state index contributed by atoms with van der Waals surface area (Å²) in [6.45, 7) is -0.0258. The molecule has 12 heavy (non-hydrogen) atoms. The van der Waals surface area contributed by atoms with Gasteiger partial charge in [-0.2, -0.15) is 0 Å². The van der Waals surface area contributed by atoms with Gasteiger partial charge < -0.3 is 30.9 Å². The van der Waals surface area contributed by atoms with E-state index >= 15 is 0 Å². The van der Waals surface area contributed by atoms with Crippen molar-refractivity contribution in [2.45, 2.75) is 30.7 Å². The first-order valence-corrected chi connectivity index (χ1v) is 3.65. The Kier molecular flexibility index (Phi) is 2.99. The second kappa shape index (κ2) is 3.65. The average molecular weight is 179 g/mol. The Labute approximate surface area is 69.2 Å². The van der Waals surface area contributed by atoms with Gasteiger partial charge in [-0.3, -0.25) is 0 Å². The van der Waals surface area contributed by atoms with Crippen LogP contribution in [0.4, 0.5) is 0 Å². The van der Waals surface area contributed by atoms with E-state index in [0.717, 1.165) is 0 Å². The second-order valence-electron chi connectivity index (χ2n) is 2.77. The fourth-order valence-electron chi connectivity index (χ4n) is 1.13. The van der Waals surface area contributed by atoms with Crippen LogP contribution in [0.1, 0.15) is 0 Å². The van der Waals surface area contributed by atoms with Gasteiger partial charge >= 0.3 is 0 Å². The van der Waals surface area contributed by atoms with Gasteiger partial charge in [-0.05, 0) is 0 Å². The predicted molar refractivity (Wildman–Crippen MR) is 38.0 cm³/mol. The summed E-state index contributed by atoms with van der Waals surface area (Å²) in [5.74, 6) is 0. The smallest absolute Gasteiger partial charge is 0.184 e. The molecule has 1 saturated heterocycles. The molecule has 6 N–H and O–H groups in total. The molecular weight excluding hydrogens is 166 g/mol. The number of hydrogen-bond acceptors (Lipinski definition) is 6. The van der Waals surface area contributed by atoms with Crippen LogP contribution in [0, 0.1) is 0 Å². The van der Waals surface area contributed by atoms with Crippen LogP contribution in [-0.4, -0.2) is 57.7 Å². The first-order chi connectivity index (χ1) is 5.57. The lowest BCUT2D eigenvalue weighted by Crippen LogP contribution is -2.59. The van der Waals surface area contributed by atoms with Gasteiger partial charge in [0.15, 0.2) is 6.29 Å². The number of nitrogens with two attached hydrogens (primary N) is 1. The molecule has 0 aliphatic carbocycles. The minimum absolute atomic E-state index is 0.0258. The van der Waals surface area contributed by atoms with E-state index in [4.69, 9.17) is 25.8 Å². The summed E-state index contributed by atoms with van der Waals surface area (Å²) in [7, 11) is 0. The Hall–Kier alpha value is -0.240. The molecule has 1 heterocycles. The fraction of sp³-hybridized carbons (Fsp3) is 1.00. The lowest BCUT2D eigenvalue weighted by Gasteiger charge is -2.37. The molecule has 0 bridgehead atoms. The molecule has 1 aliphatic rings. The third-order valence-corrected chi connectivity index (χ3v) is 1.92. The maximum absolute atomic E-state index is 9.20. The van der Waals surface area contributed by atoms with Crippen molar-refractivity contribution in [1.29, 1.82) is 0 Å². The Balaban J connectivity index is 2.63. The number of aliphatic hydroxyl groups is 4. The van der Waals surface area contributed by atoms with E-state index < -0.39 is 30.7 Å². The normalized spacial score (nSPS) is 49.2. The third kappa shape index (κ3) is 1.58. The van der Waals surface area contributed by atoms with E-state index in [2.05, 4.69) is 0 Å². The Morgan fingerprint density at radius 1 is 1.00 bits per heavy atom. The highest BCUT2D eigenvalue weighted by atomic mass is 16.6. The van der Waals surface area contributed by atoms with Crippen molar-refractivity contribution in [2.24, 2.45) is 5.73 Å². The van der Waals surface area contributed by atoms with Crippen molar-refractivity contribution < 1.29 is 25.2 Å². The summed E-state index contributed by atoms with van der Waals surface area (Å²) in [5.41, 5.74) is 5.17. The van der Waals surface area contributed by atoms with Gasteiger partial charge in [0.1, 0.15) is 24.4 Å². The topological polar surface area (TPSA) is 116 Å². The van der Waals surface area contributed by atoms with Gasteiger partial charge in [0.05, 0.1) is 0 Å². The molecular formula is C6H13NO5. The number of aliphatic hydroxyl groups excluding tert-OH is 4. The zero-order valence-electron chi connectivity index (χ0n) is 6.37. The Morgan fingerprint density at radius 3 is 2.08 bits per heavy atom. The fourth-order valence-corrected chi connectivity index (χ4v) is 1.13. The number of rotatable bonds is 1. The van der Waals surface area contributed by atoms with Gasteiger partial charge in [-0.15, -0.1) is 0 Å². The minimum Gasteiger partial charge on any atom is -0.388 e. The first kappa shape index (κ1) is 9.85. The molecule has 0 aromatic carbocycles. The van der Waals surface area contributed by atoms with Gasteiger partial charge in [0.2, 0.25) is 0 Å². The zero-order valence-corrected chi connectivity index (χ0v) is 6.37. The summed E-state index contributed by atoms with van der Waals surface area (Å²) >= 11 is 0. The zero-order chi connectivity index (χ0) is 9.30. The van der Waals surface area contributed by atoms with Crippen LogP contribution in [0.5, 0.6) is 0 Å². The lowest BCUT2D eigenvalue weighted by atomic mass is 9.99. The molecule has 1 fully saturated rings. The van der Waals surface area contributed by atoms with Crippen LogP contribution >= 0.6 is 0 Å². The molecule has 1 rings (SSSR count). The van der Waals surface area contributed by atoms with Crippen molar-refractivity contribution in [1.82, 2.24) is 0 Å². The molecule has 6 nitrogen and oxygen atoms in total.